The summed E-state index contributed by atoms with van der Waals surface area (Å²) >= 11 is 0. The van der Waals surface area contributed by atoms with Crippen LogP contribution in [-0.4, -0.2) is 62.1 Å². The maximum Gasteiger partial charge on any atom is 0.245 e. The van der Waals surface area contributed by atoms with Gasteiger partial charge in [-0.25, -0.2) is 0 Å². The van der Waals surface area contributed by atoms with Crippen molar-refractivity contribution in [1.29, 1.82) is 0 Å². The number of rotatable bonds is 7. The van der Waals surface area contributed by atoms with E-state index >= 15 is 0 Å². The van der Waals surface area contributed by atoms with Crippen LogP contribution >= 0.6 is 0 Å². The number of aromatic nitrogens is 1. The van der Waals surface area contributed by atoms with Crippen LogP contribution in [0.3, 0.4) is 0 Å². The number of carbonyl (C=O) groups is 3. The predicted molar refractivity (Wildman–Crippen MR) is 108 cm³/mol. The van der Waals surface area contributed by atoms with Gasteiger partial charge in [-0.2, -0.15) is 0 Å². The summed E-state index contributed by atoms with van der Waals surface area (Å²) in [4.78, 5) is 40.4. The Kier molecular flexibility index (Phi) is 6.24. The first-order valence-electron chi connectivity index (χ1n) is 9.33. The zero-order chi connectivity index (χ0) is 21.8. The number of nitrogens with one attached hydrogen (secondary N) is 1. The molecule has 10 nitrogen and oxygen atoms in total. The molecule has 10 heteroatoms. The molecule has 3 rings (SSSR count). The number of anilines is 2. The number of aryl methyl sites for hydroxylation is 1. The molecule has 1 aliphatic heterocycles. The summed E-state index contributed by atoms with van der Waals surface area (Å²) in [5, 5.41) is 6.25. The van der Waals surface area contributed by atoms with Crippen LogP contribution in [0.25, 0.3) is 0 Å². The van der Waals surface area contributed by atoms with Crippen molar-refractivity contribution in [2.45, 2.75) is 13.3 Å². The number of likely N-dealkylation sites (N-methyl/N-ethyl adjacent to an activating group) is 1. The Morgan fingerprint density at radius 1 is 1.30 bits per heavy atom. The Morgan fingerprint density at radius 3 is 2.70 bits per heavy atom. The van der Waals surface area contributed by atoms with Crippen LogP contribution in [0.4, 0.5) is 11.5 Å². The largest absolute Gasteiger partial charge is 0.497 e. The van der Waals surface area contributed by atoms with Gasteiger partial charge in [0.15, 0.2) is 5.82 Å². The van der Waals surface area contributed by atoms with Gasteiger partial charge < -0.3 is 29.1 Å². The van der Waals surface area contributed by atoms with Gasteiger partial charge in [0.25, 0.3) is 0 Å². The van der Waals surface area contributed by atoms with Crippen LogP contribution in [0.2, 0.25) is 0 Å². The fraction of sp³-hybridized carbons (Fsp3) is 0.400. The molecule has 1 atom stereocenters. The third kappa shape index (κ3) is 4.53. The van der Waals surface area contributed by atoms with E-state index in [4.69, 9.17) is 14.0 Å². The number of amides is 3. The number of methoxy groups -OCH3 is 2. The number of hydrogen-bond acceptors (Lipinski definition) is 7. The highest BCUT2D eigenvalue weighted by Gasteiger charge is 2.38. The highest BCUT2D eigenvalue weighted by Crippen LogP contribution is 2.36. The molecule has 1 saturated heterocycles. The maximum atomic E-state index is 12.8. The van der Waals surface area contributed by atoms with Crippen molar-refractivity contribution in [1.82, 2.24) is 10.1 Å². The zero-order valence-electron chi connectivity index (χ0n) is 17.3. The molecule has 0 aliphatic carbocycles. The first-order chi connectivity index (χ1) is 14.3. The molecule has 0 saturated carbocycles. The van der Waals surface area contributed by atoms with E-state index in [0.717, 1.165) is 0 Å². The van der Waals surface area contributed by atoms with Gasteiger partial charge in [-0.3, -0.25) is 14.4 Å². The van der Waals surface area contributed by atoms with Crippen molar-refractivity contribution in [3.05, 3.63) is 30.0 Å². The predicted octanol–water partition coefficient (Wildman–Crippen LogP) is 1.45. The van der Waals surface area contributed by atoms with E-state index in [2.05, 4.69) is 10.5 Å². The first-order valence-corrected chi connectivity index (χ1v) is 9.33. The number of hydrogen-bond donors (Lipinski definition) is 1. The highest BCUT2D eigenvalue weighted by molar-refractivity contribution is 6.02. The van der Waals surface area contributed by atoms with E-state index in [-0.39, 0.29) is 37.1 Å². The molecular formula is C20H24N4O6. The van der Waals surface area contributed by atoms with Crippen LogP contribution in [0.1, 0.15) is 12.2 Å². The van der Waals surface area contributed by atoms with Crippen LogP contribution in [0.15, 0.2) is 28.8 Å². The fourth-order valence-corrected chi connectivity index (χ4v) is 3.33. The summed E-state index contributed by atoms with van der Waals surface area (Å²) in [6.07, 6.45) is 0.0492. The molecule has 1 aromatic heterocycles. The molecule has 3 amide bonds. The molecule has 1 aliphatic rings. The van der Waals surface area contributed by atoms with Crippen LogP contribution in [0.5, 0.6) is 11.5 Å². The number of ether oxygens (including phenoxy) is 2. The molecule has 0 radical (unpaired) electrons. The molecule has 2 aromatic rings. The topological polar surface area (TPSA) is 114 Å². The van der Waals surface area contributed by atoms with E-state index in [0.29, 0.717) is 22.9 Å². The smallest absolute Gasteiger partial charge is 0.245 e. The van der Waals surface area contributed by atoms with E-state index in [1.165, 1.54) is 31.1 Å². The van der Waals surface area contributed by atoms with Crippen molar-refractivity contribution < 1.29 is 28.4 Å². The van der Waals surface area contributed by atoms with E-state index < -0.39 is 11.8 Å². The average Bonchev–Trinajstić information content (AvgIpc) is 3.31. The number of carbonyl (C=O) groups excluding carboxylic acids is 3. The van der Waals surface area contributed by atoms with E-state index in [1.807, 2.05) is 0 Å². The molecule has 0 unspecified atom stereocenters. The quantitative estimate of drug-likeness (QED) is 0.727. The molecule has 1 fully saturated rings. The van der Waals surface area contributed by atoms with Gasteiger partial charge in [-0.05, 0) is 19.1 Å². The van der Waals surface area contributed by atoms with Gasteiger partial charge in [0.2, 0.25) is 17.7 Å². The second-order valence-electron chi connectivity index (χ2n) is 7.01. The average molecular weight is 416 g/mol. The molecule has 30 heavy (non-hydrogen) atoms. The SMILES string of the molecule is COc1ccc(OC)c(N2C[C@@H](C(=O)N(C)CC(=O)Nc3cc(C)on3)CC2=O)c1. The summed E-state index contributed by atoms with van der Waals surface area (Å²) < 4.78 is 15.5. The lowest BCUT2D eigenvalue weighted by molar-refractivity contribution is -0.137. The van der Waals surface area contributed by atoms with E-state index in [1.54, 1.807) is 31.2 Å². The molecule has 0 bridgehead atoms. The van der Waals surface area contributed by atoms with Gasteiger partial charge in [-0.1, -0.05) is 5.16 Å². The molecule has 160 valence electrons. The second kappa shape index (κ2) is 8.85. The van der Waals surface area contributed by atoms with Gasteiger partial charge in [0, 0.05) is 32.1 Å². The number of nitrogens with zero attached hydrogens (tertiary/aromatic N) is 3. The Morgan fingerprint density at radius 2 is 2.07 bits per heavy atom. The lowest BCUT2D eigenvalue weighted by Gasteiger charge is -2.22. The summed E-state index contributed by atoms with van der Waals surface area (Å²) in [5.41, 5.74) is 0.541. The van der Waals surface area contributed by atoms with Crippen LogP contribution in [-0.2, 0) is 14.4 Å². The normalized spacial score (nSPS) is 15.8. The lowest BCUT2D eigenvalue weighted by atomic mass is 10.1. The van der Waals surface area contributed by atoms with Crippen LogP contribution in [0, 0.1) is 12.8 Å². The first kappa shape index (κ1) is 21.2. The maximum absolute atomic E-state index is 12.8. The minimum absolute atomic E-state index is 0.0492. The molecule has 2 heterocycles. The van der Waals surface area contributed by atoms with Gasteiger partial charge in [-0.15, -0.1) is 0 Å². The third-order valence-corrected chi connectivity index (χ3v) is 4.80. The van der Waals surface area contributed by atoms with E-state index in [9.17, 15) is 14.4 Å². The van der Waals surface area contributed by atoms with Crippen LogP contribution < -0.4 is 19.7 Å². The summed E-state index contributed by atoms with van der Waals surface area (Å²) in [5.74, 6) is 0.460. The standard InChI is InChI=1S/C20H24N4O6/c1-12-7-17(22-30-12)21-18(25)11-23(2)20(27)13-8-19(26)24(10-13)15-9-14(28-3)5-6-16(15)29-4/h5-7,9,13H,8,10-11H2,1-4H3,(H,21,22,25)/t13-/m0/s1. The monoisotopic (exact) mass is 416 g/mol. The third-order valence-electron chi connectivity index (χ3n) is 4.80. The van der Waals surface area contributed by atoms with Gasteiger partial charge in [0.05, 0.1) is 32.4 Å². The van der Waals surface area contributed by atoms with Crippen molar-refractivity contribution in [3.63, 3.8) is 0 Å². The Labute approximate surface area is 173 Å². The highest BCUT2D eigenvalue weighted by atomic mass is 16.5. The summed E-state index contributed by atoms with van der Waals surface area (Å²) in [6.45, 7) is 1.73. The molecule has 1 N–H and O–H groups in total. The Bertz CT molecular complexity index is 957. The Hall–Kier alpha value is -3.56. The van der Waals surface area contributed by atoms with Gasteiger partial charge >= 0.3 is 0 Å². The van der Waals surface area contributed by atoms with Gasteiger partial charge in [0.1, 0.15) is 17.3 Å². The van der Waals surface area contributed by atoms with Crippen molar-refractivity contribution in [2.24, 2.45) is 5.92 Å². The summed E-state index contributed by atoms with van der Waals surface area (Å²) in [6, 6.07) is 6.71. The van der Waals surface area contributed by atoms with Crippen molar-refractivity contribution >= 4 is 29.2 Å². The minimum Gasteiger partial charge on any atom is -0.497 e. The Balaban J connectivity index is 1.65. The molecule has 0 spiro atoms. The zero-order valence-corrected chi connectivity index (χ0v) is 17.3. The molecule has 1 aromatic carbocycles. The number of benzene rings is 1. The summed E-state index contributed by atoms with van der Waals surface area (Å²) in [7, 11) is 4.57. The van der Waals surface area contributed by atoms with Crippen molar-refractivity contribution in [3.8, 4) is 11.5 Å². The minimum atomic E-state index is -0.569. The fourth-order valence-electron chi connectivity index (χ4n) is 3.33. The van der Waals surface area contributed by atoms with Crippen molar-refractivity contribution in [2.75, 3.05) is 44.6 Å². The second-order valence-corrected chi connectivity index (χ2v) is 7.01. The lowest BCUT2D eigenvalue weighted by Crippen LogP contribution is -2.39. The molecular weight excluding hydrogens is 392 g/mol.